The summed E-state index contributed by atoms with van der Waals surface area (Å²) in [4.78, 5) is 10.5. The number of aryl methyl sites for hydroxylation is 1. The summed E-state index contributed by atoms with van der Waals surface area (Å²) in [5.74, 6) is -0.401. The van der Waals surface area contributed by atoms with Gasteiger partial charge in [-0.3, -0.25) is 0 Å². The molecular weight excluding hydrogens is 146 g/mol. The molecule has 5 heteroatoms. The van der Waals surface area contributed by atoms with Crippen LogP contribution in [0.5, 0.6) is 0 Å². The van der Waals surface area contributed by atoms with E-state index in [9.17, 15) is 4.79 Å². The van der Waals surface area contributed by atoms with Gasteiger partial charge < -0.3 is 9.67 Å². The summed E-state index contributed by atoms with van der Waals surface area (Å²) in [7, 11) is 0. The van der Waals surface area contributed by atoms with Gasteiger partial charge in [0.1, 0.15) is 5.82 Å². The molecule has 0 saturated carbocycles. The third-order valence-electron chi connectivity index (χ3n) is 1.44. The van der Waals surface area contributed by atoms with Crippen molar-refractivity contribution in [2.45, 2.75) is 20.4 Å². The van der Waals surface area contributed by atoms with Gasteiger partial charge in [-0.15, -0.1) is 10.2 Å². The van der Waals surface area contributed by atoms with Gasteiger partial charge in [0, 0.05) is 6.54 Å². The Kier molecular flexibility index (Phi) is 1.89. The molecule has 0 spiro atoms. The topological polar surface area (TPSA) is 68.0 Å². The Hall–Kier alpha value is -1.39. The van der Waals surface area contributed by atoms with Crippen molar-refractivity contribution in [2.75, 3.05) is 0 Å². The summed E-state index contributed by atoms with van der Waals surface area (Å²) < 4.78 is 1.54. The molecule has 1 aromatic heterocycles. The molecule has 1 N–H and O–H groups in total. The van der Waals surface area contributed by atoms with E-state index >= 15 is 0 Å². The molecule has 0 unspecified atom stereocenters. The Bertz CT molecular complexity index is 279. The molecule has 1 aromatic rings. The van der Waals surface area contributed by atoms with Crippen LogP contribution in [-0.2, 0) is 6.54 Å². The maximum Gasteiger partial charge on any atom is 0.374 e. The molecule has 60 valence electrons. The third-order valence-corrected chi connectivity index (χ3v) is 1.44. The predicted octanol–water partition coefficient (Wildman–Crippen LogP) is 0.305. The van der Waals surface area contributed by atoms with Crippen LogP contribution >= 0.6 is 0 Å². The highest BCUT2D eigenvalue weighted by molar-refractivity contribution is 5.83. The van der Waals surface area contributed by atoms with Gasteiger partial charge in [0.2, 0.25) is 5.82 Å². The van der Waals surface area contributed by atoms with E-state index in [0.717, 1.165) is 0 Å². The molecule has 0 aliphatic heterocycles. The van der Waals surface area contributed by atoms with E-state index in [1.807, 2.05) is 6.92 Å². The molecule has 1 heterocycles. The highest BCUT2D eigenvalue weighted by Gasteiger charge is 2.13. The number of rotatable bonds is 2. The SMILES string of the molecule is CCn1c(C)nnc1C(=O)O. The van der Waals surface area contributed by atoms with Crippen molar-refractivity contribution in [3.63, 3.8) is 0 Å². The highest BCUT2D eigenvalue weighted by Crippen LogP contribution is 1.99. The molecule has 0 aromatic carbocycles. The molecule has 0 amide bonds. The fraction of sp³-hybridized carbons (Fsp3) is 0.500. The zero-order chi connectivity index (χ0) is 8.43. The highest BCUT2D eigenvalue weighted by atomic mass is 16.4. The molecule has 5 nitrogen and oxygen atoms in total. The number of aromatic nitrogens is 3. The van der Waals surface area contributed by atoms with Crippen molar-refractivity contribution in [3.8, 4) is 0 Å². The summed E-state index contributed by atoms with van der Waals surface area (Å²) >= 11 is 0. The van der Waals surface area contributed by atoms with Crippen molar-refractivity contribution >= 4 is 5.97 Å². The predicted molar refractivity (Wildman–Crippen MR) is 37.4 cm³/mol. The largest absolute Gasteiger partial charge is 0.475 e. The second kappa shape index (κ2) is 2.69. The lowest BCUT2D eigenvalue weighted by atomic mass is 10.5. The number of carboxylic acids is 1. The first-order chi connectivity index (χ1) is 5.16. The van der Waals surface area contributed by atoms with Crippen LogP contribution in [0.4, 0.5) is 0 Å². The van der Waals surface area contributed by atoms with Crippen LogP contribution in [-0.4, -0.2) is 25.8 Å². The fourth-order valence-corrected chi connectivity index (χ4v) is 0.918. The van der Waals surface area contributed by atoms with Crippen molar-refractivity contribution in [1.29, 1.82) is 0 Å². The van der Waals surface area contributed by atoms with Gasteiger partial charge in [0.25, 0.3) is 0 Å². The van der Waals surface area contributed by atoms with Gasteiger partial charge in [-0.1, -0.05) is 0 Å². The molecule has 0 atom stereocenters. The molecule has 11 heavy (non-hydrogen) atoms. The van der Waals surface area contributed by atoms with Gasteiger partial charge >= 0.3 is 5.97 Å². The average molecular weight is 155 g/mol. The molecule has 0 bridgehead atoms. The van der Waals surface area contributed by atoms with Gasteiger partial charge in [-0.25, -0.2) is 4.79 Å². The number of carbonyl (C=O) groups is 1. The van der Waals surface area contributed by atoms with Crippen LogP contribution in [0.1, 0.15) is 23.4 Å². The maximum atomic E-state index is 10.5. The fourth-order valence-electron chi connectivity index (χ4n) is 0.918. The van der Waals surface area contributed by atoms with Gasteiger partial charge in [-0.05, 0) is 13.8 Å². The van der Waals surface area contributed by atoms with Crippen molar-refractivity contribution in [1.82, 2.24) is 14.8 Å². The lowest BCUT2D eigenvalue weighted by Gasteiger charge is -1.99. The van der Waals surface area contributed by atoms with Crippen LogP contribution in [0, 0.1) is 6.92 Å². The summed E-state index contributed by atoms with van der Waals surface area (Å²) in [6.45, 7) is 4.16. The number of hydrogen-bond acceptors (Lipinski definition) is 3. The maximum absolute atomic E-state index is 10.5. The Labute approximate surface area is 63.7 Å². The average Bonchev–Trinajstić information content (AvgIpc) is 2.30. The van der Waals surface area contributed by atoms with E-state index < -0.39 is 5.97 Å². The summed E-state index contributed by atoms with van der Waals surface area (Å²) in [5.41, 5.74) is 0. The van der Waals surface area contributed by atoms with E-state index in [1.165, 1.54) is 0 Å². The van der Waals surface area contributed by atoms with E-state index in [1.54, 1.807) is 11.5 Å². The minimum absolute atomic E-state index is 0.00463. The first-order valence-electron chi connectivity index (χ1n) is 3.30. The quantitative estimate of drug-likeness (QED) is 0.667. The molecule has 0 saturated heterocycles. The van der Waals surface area contributed by atoms with Gasteiger partial charge in [0.15, 0.2) is 0 Å². The van der Waals surface area contributed by atoms with E-state index in [0.29, 0.717) is 12.4 Å². The monoisotopic (exact) mass is 155 g/mol. The zero-order valence-corrected chi connectivity index (χ0v) is 6.40. The third kappa shape index (κ3) is 1.21. The molecule has 1 rings (SSSR count). The van der Waals surface area contributed by atoms with Crippen molar-refractivity contribution in [3.05, 3.63) is 11.6 Å². The first-order valence-corrected chi connectivity index (χ1v) is 3.30. The Balaban J connectivity index is 3.15. The second-order valence-electron chi connectivity index (χ2n) is 2.12. The molecular formula is C6H9N3O2. The van der Waals surface area contributed by atoms with Crippen LogP contribution < -0.4 is 0 Å². The molecule has 0 radical (unpaired) electrons. The lowest BCUT2D eigenvalue weighted by Crippen LogP contribution is -2.09. The van der Waals surface area contributed by atoms with Gasteiger partial charge in [-0.2, -0.15) is 0 Å². The summed E-state index contributed by atoms with van der Waals surface area (Å²) in [6.07, 6.45) is 0. The number of carboxylic acid groups (broad SMARTS) is 1. The normalized spacial score (nSPS) is 10.0. The molecule has 0 fully saturated rings. The zero-order valence-electron chi connectivity index (χ0n) is 6.40. The lowest BCUT2D eigenvalue weighted by molar-refractivity contribution is 0.0677. The van der Waals surface area contributed by atoms with E-state index in [4.69, 9.17) is 5.11 Å². The smallest absolute Gasteiger partial charge is 0.374 e. The van der Waals surface area contributed by atoms with Crippen LogP contribution in [0.25, 0.3) is 0 Å². The molecule has 0 aliphatic rings. The second-order valence-corrected chi connectivity index (χ2v) is 2.12. The van der Waals surface area contributed by atoms with Crippen LogP contribution in [0.3, 0.4) is 0 Å². The Morgan fingerprint density at radius 2 is 2.27 bits per heavy atom. The Morgan fingerprint density at radius 1 is 1.64 bits per heavy atom. The van der Waals surface area contributed by atoms with Crippen LogP contribution in [0.15, 0.2) is 0 Å². The minimum Gasteiger partial charge on any atom is -0.475 e. The first kappa shape index (κ1) is 7.71. The van der Waals surface area contributed by atoms with Crippen molar-refractivity contribution < 1.29 is 9.90 Å². The minimum atomic E-state index is -1.03. The number of aromatic carboxylic acids is 1. The van der Waals surface area contributed by atoms with E-state index in [2.05, 4.69) is 10.2 Å². The Morgan fingerprint density at radius 3 is 2.64 bits per heavy atom. The van der Waals surface area contributed by atoms with Crippen molar-refractivity contribution in [2.24, 2.45) is 0 Å². The van der Waals surface area contributed by atoms with E-state index in [-0.39, 0.29) is 5.82 Å². The molecule has 0 aliphatic carbocycles. The summed E-state index contributed by atoms with van der Waals surface area (Å²) in [5, 5.41) is 15.7. The summed E-state index contributed by atoms with van der Waals surface area (Å²) in [6, 6.07) is 0. The number of nitrogens with zero attached hydrogens (tertiary/aromatic N) is 3. The van der Waals surface area contributed by atoms with Crippen LogP contribution in [0.2, 0.25) is 0 Å². The number of hydrogen-bond donors (Lipinski definition) is 1. The standard InChI is InChI=1S/C6H9N3O2/c1-3-9-4(2)7-8-5(9)6(10)11/h3H2,1-2H3,(H,10,11). The van der Waals surface area contributed by atoms with Gasteiger partial charge in [0.05, 0.1) is 0 Å².